The summed E-state index contributed by atoms with van der Waals surface area (Å²) in [7, 11) is 0. The van der Waals surface area contributed by atoms with Gasteiger partial charge in [0.05, 0.1) is 29.8 Å². The highest BCUT2D eigenvalue weighted by Gasteiger charge is 2.21. The van der Waals surface area contributed by atoms with Crippen molar-refractivity contribution in [2.75, 3.05) is 19.8 Å². The Balaban J connectivity index is 1.64. The Hall–Kier alpha value is -1.83. The van der Waals surface area contributed by atoms with Crippen LogP contribution in [0.2, 0.25) is 0 Å². The summed E-state index contributed by atoms with van der Waals surface area (Å²) in [6.45, 7) is 5.93. The van der Waals surface area contributed by atoms with Gasteiger partial charge in [0.25, 0.3) is 0 Å². The van der Waals surface area contributed by atoms with E-state index in [4.69, 9.17) is 4.74 Å². The van der Waals surface area contributed by atoms with E-state index in [-0.39, 0.29) is 23.8 Å². The first-order valence-corrected chi connectivity index (χ1v) is 9.18. The number of hydrogen-bond acceptors (Lipinski definition) is 5. The number of carbonyl (C=O) groups is 1. The Morgan fingerprint density at radius 1 is 1.48 bits per heavy atom. The Morgan fingerprint density at radius 2 is 2.24 bits per heavy atom. The Labute approximate surface area is 150 Å². The van der Waals surface area contributed by atoms with Gasteiger partial charge in [-0.1, -0.05) is 0 Å². The van der Waals surface area contributed by atoms with E-state index in [2.05, 4.69) is 15.6 Å². The quantitative estimate of drug-likeness (QED) is 0.857. The molecule has 7 heteroatoms. The summed E-state index contributed by atoms with van der Waals surface area (Å²) in [6, 6.07) is 6.24. The lowest BCUT2D eigenvalue weighted by molar-refractivity contribution is -0.122. The van der Waals surface area contributed by atoms with Crippen LogP contribution in [0.15, 0.2) is 24.3 Å². The van der Waals surface area contributed by atoms with Crippen molar-refractivity contribution in [2.45, 2.75) is 32.4 Å². The molecule has 25 heavy (non-hydrogen) atoms. The number of ether oxygens (including phenoxy) is 1. The number of carbonyl (C=O) groups excluding carboxylic acids is 1. The second kappa shape index (κ2) is 8.03. The SMILES string of the molecule is Cc1nc(-c2ccc(F)cc2)sc1C(C)NC(=O)CC1COCCN1. The molecule has 0 radical (unpaired) electrons. The second-order valence-corrected chi connectivity index (χ2v) is 7.23. The molecule has 2 unspecified atom stereocenters. The lowest BCUT2D eigenvalue weighted by atomic mass is 10.1. The Bertz CT molecular complexity index is 726. The summed E-state index contributed by atoms with van der Waals surface area (Å²) < 4.78 is 18.4. The first-order valence-electron chi connectivity index (χ1n) is 8.36. The van der Waals surface area contributed by atoms with Crippen LogP contribution in [0.4, 0.5) is 4.39 Å². The summed E-state index contributed by atoms with van der Waals surface area (Å²) in [6.07, 6.45) is 0.396. The fourth-order valence-corrected chi connectivity index (χ4v) is 3.94. The summed E-state index contributed by atoms with van der Waals surface area (Å²) in [4.78, 5) is 17.8. The highest BCUT2D eigenvalue weighted by Crippen LogP contribution is 2.31. The molecule has 2 atom stereocenters. The number of benzene rings is 1. The highest BCUT2D eigenvalue weighted by molar-refractivity contribution is 7.15. The molecule has 1 aliphatic rings. The first kappa shape index (κ1) is 18.0. The molecule has 1 fully saturated rings. The average Bonchev–Trinajstić information content (AvgIpc) is 2.98. The third-order valence-corrected chi connectivity index (χ3v) is 5.51. The fourth-order valence-electron chi connectivity index (χ4n) is 2.87. The number of rotatable bonds is 5. The molecule has 2 heterocycles. The van der Waals surface area contributed by atoms with Crippen molar-refractivity contribution in [1.29, 1.82) is 0 Å². The summed E-state index contributed by atoms with van der Waals surface area (Å²) in [5, 5.41) is 7.14. The van der Waals surface area contributed by atoms with Crippen LogP contribution >= 0.6 is 11.3 Å². The Kier molecular flexibility index (Phi) is 5.78. The predicted octanol–water partition coefficient (Wildman–Crippen LogP) is 2.81. The molecular weight excluding hydrogens is 341 g/mol. The number of amides is 1. The summed E-state index contributed by atoms with van der Waals surface area (Å²) in [5.41, 5.74) is 1.76. The van der Waals surface area contributed by atoms with E-state index >= 15 is 0 Å². The zero-order chi connectivity index (χ0) is 17.8. The lowest BCUT2D eigenvalue weighted by Crippen LogP contribution is -2.44. The van der Waals surface area contributed by atoms with Gasteiger partial charge in [0, 0.05) is 24.6 Å². The van der Waals surface area contributed by atoms with Crippen LogP contribution in [0.5, 0.6) is 0 Å². The molecule has 0 saturated carbocycles. The molecule has 5 nitrogen and oxygen atoms in total. The van der Waals surface area contributed by atoms with Crippen LogP contribution < -0.4 is 10.6 Å². The van der Waals surface area contributed by atoms with Crippen LogP contribution in [0.3, 0.4) is 0 Å². The van der Waals surface area contributed by atoms with E-state index in [0.29, 0.717) is 19.6 Å². The molecule has 1 aromatic carbocycles. The number of nitrogens with zero attached hydrogens (tertiary/aromatic N) is 1. The summed E-state index contributed by atoms with van der Waals surface area (Å²) >= 11 is 1.53. The molecule has 3 rings (SSSR count). The fraction of sp³-hybridized carbons (Fsp3) is 0.444. The minimum atomic E-state index is -0.266. The van der Waals surface area contributed by atoms with Crippen molar-refractivity contribution in [3.05, 3.63) is 40.7 Å². The smallest absolute Gasteiger partial charge is 0.222 e. The van der Waals surface area contributed by atoms with Crippen LogP contribution in [0, 0.1) is 12.7 Å². The maximum absolute atomic E-state index is 13.1. The molecule has 0 spiro atoms. The van der Waals surface area contributed by atoms with Crippen LogP contribution in [-0.4, -0.2) is 36.7 Å². The number of halogens is 1. The molecule has 2 N–H and O–H groups in total. The molecule has 0 bridgehead atoms. The normalized spacial score (nSPS) is 18.8. The topological polar surface area (TPSA) is 63.2 Å². The Morgan fingerprint density at radius 3 is 2.92 bits per heavy atom. The van der Waals surface area contributed by atoms with Gasteiger partial charge in [0.2, 0.25) is 5.91 Å². The van der Waals surface area contributed by atoms with Crippen molar-refractivity contribution in [3.8, 4) is 10.6 Å². The number of morpholine rings is 1. The van der Waals surface area contributed by atoms with Crippen molar-refractivity contribution in [2.24, 2.45) is 0 Å². The zero-order valence-corrected chi connectivity index (χ0v) is 15.2. The van der Waals surface area contributed by atoms with Crippen LogP contribution in [0.25, 0.3) is 10.6 Å². The van der Waals surface area contributed by atoms with Gasteiger partial charge in [-0.25, -0.2) is 9.37 Å². The van der Waals surface area contributed by atoms with E-state index in [0.717, 1.165) is 27.7 Å². The largest absolute Gasteiger partial charge is 0.378 e. The third kappa shape index (κ3) is 4.62. The van der Waals surface area contributed by atoms with E-state index in [9.17, 15) is 9.18 Å². The van der Waals surface area contributed by atoms with Gasteiger partial charge in [-0.3, -0.25) is 4.79 Å². The van der Waals surface area contributed by atoms with Gasteiger partial charge in [0.1, 0.15) is 10.8 Å². The molecular formula is C18H22FN3O2S. The van der Waals surface area contributed by atoms with Crippen molar-refractivity contribution < 1.29 is 13.9 Å². The summed E-state index contributed by atoms with van der Waals surface area (Å²) in [5.74, 6) is -0.273. The van der Waals surface area contributed by atoms with Crippen molar-refractivity contribution >= 4 is 17.2 Å². The molecule has 134 valence electrons. The number of nitrogens with one attached hydrogen (secondary N) is 2. The third-order valence-electron chi connectivity index (χ3n) is 4.12. The van der Waals surface area contributed by atoms with Gasteiger partial charge in [-0.15, -0.1) is 11.3 Å². The number of thiazole rings is 1. The number of aromatic nitrogens is 1. The average molecular weight is 363 g/mol. The van der Waals surface area contributed by atoms with E-state index in [1.165, 1.54) is 23.5 Å². The lowest BCUT2D eigenvalue weighted by Gasteiger charge is -2.24. The van der Waals surface area contributed by atoms with Crippen LogP contribution in [-0.2, 0) is 9.53 Å². The zero-order valence-electron chi connectivity index (χ0n) is 14.3. The standard InChI is InChI=1S/C18H22FN3O2S/c1-11(21-16(23)9-15-10-24-8-7-20-15)17-12(2)22-18(25-17)13-3-5-14(19)6-4-13/h3-6,11,15,20H,7-10H2,1-2H3,(H,21,23). The number of aryl methyl sites for hydroxylation is 1. The predicted molar refractivity (Wildman–Crippen MR) is 96.0 cm³/mol. The van der Waals surface area contributed by atoms with Crippen LogP contribution in [0.1, 0.15) is 30.0 Å². The minimum Gasteiger partial charge on any atom is -0.378 e. The molecule has 2 aromatic rings. The maximum atomic E-state index is 13.1. The molecule has 1 saturated heterocycles. The monoisotopic (exact) mass is 363 g/mol. The van der Waals surface area contributed by atoms with Crippen molar-refractivity contribution in [1.82, 2.24) is 15.6 Å². The van der Waals surface area contributed by atoms with E-state index in [1.54, 1.807) is 12.1 Å². The van der Waals surface area contributed by atoms with E-state index in [1.807, 2.05) is 13.8 Å². The van der Waals surface area contributed by atoms with Gasteiger partial charge in [0.15, 0.2) is 0 Å². The molecule has 0 aliphatic carbocycles. The molecule has 1 aliphatic heterocycles. The van der Waals surface area contributed by atoms with Gasteiger partial charge in [-0.05, 0) is 38.1 Å². The number of hydrogen-bond donors (Lipinski definition) is 2. The van der Waals surface area contributed by atoms with Gasteiger partial charge in [-0.2, -0.15) is 0 Å². The highest BCUT2D eigenvalue weighted by atomic mass is 32.1. The van der Waals surface area contributed by atoms with E-state index < -0.39 is 0 Å². The first-order chi connectivity index (χ1) is 12.0. The van der Waals surface area contributed by atoms with Crippen molar-refractivity contribution in [3.63, 3.8) is 0 Å². The van der Waals surface area contributed by atoms with Gasteiger partial charge < -0.3 is 15.4 Å². The molecule has 1 aromatic heterocycles. The second-order valence-electron chi connectivity index (χ2n) is 6.19. The minimum absolute atomic E-state index is 0.00775. The maximum Gasteiger partial charge on any atom is 0.222 e. The molecule has 1 amide bonds. The van der Waals surface area contributed by atoms with Gasteiger partial charge >= 0.3 is 0 Å².